The molecule has 0 spiro atoms. The number of hydrogen-bond donors (Lipinski definition) is 2. The molecule has 0 fully saturated rings. The average molecular weight is 286 g/mol. The van der Waals surface area contributed by atoms with E-state index in [2.05, 4.69) is 10.3 Å². The summed E-state index contributed by atoms with van der Waals surface area (Å²) in [6.07, 6.45) is 0.120. The largest absolute Gasteiger partial charge is 0.449 e. The van der Waals surface area contributed by atoms with Gasteiger partial charge >= 0.3 is 12.0 Å². The monoisotopic (exact) mass is 285 g/mol. The molecule has 3 amide bonds. The number of carbonyl (C=O) groups excluding carboxylic acids is 3. The van der Waals surface area contributed by atoms with Crippen molar-refractivity contribution in [3.05, 3.63) is 29.0 Å². The van der Waals surface area contributed by atoms with Crippen LogP contribution in [0.2, 0.25) is 5.15 Å². The predicted octanol–water partition coefficient (Wildman–Crippen LogP) is 0.736. The molecule has 19 heavy (non-hydrogen) atoms. The zero-order valence-electron chi connectivity index (χ0n) is 10.3. The van der Waals surface area contributed by atoms with E-state index in [1.54, 1.807) is 0 Å². The van der Waals surface area contributed by atoms with E-state index in [1.165, 1.54) is 32.3 Å². The lowest BCUT2D eigenvalue weighted by Gasteiger charge is -2.12. The Morgan fingerprint density at radius 2 is 2.05 bits per heavy atom. The molecule has 1 atom stereocenters. The van der Waals surface area contributed by atoms with Gasteiger partial charge in [0.1, 0.15) is 5.15 Å². The van der Waals surface area contributed by atoms with Crippen molar-refractivity contribution in [1.82, 2.24) is 15.6 Å². The topological polar surface area (TPSA) is 97.4 Å². The van der Waals surface area contributed by atoms with Crippen molar-refractivity contribution in [2.75, 3.05) is 7.05 Å². The number of amides is 3. The van der Waals surface area contributed by atoms with Crippen LogP contribution in [0.25, 0.3) is 0 Å². The molecule has 0 saturated carbocycles. The summed E-state index contributed by atoms with van der Waals surface area (Å²) in [7, 11) is 1.36. The summed E-state index contributed by atoms with van der Waals surface area (Å²) in [6, 6.07) is 2.16. The molecular weight excluding hydrogens is 274 g/mol. The average Bonchev–Trinajstić information content (AvgIpc) is 2.38. The van der Waals surface area contributed by atoms with E-state index in [1.807, 2.05) is 5.32 Å². The lowest BCUT2D eigenvalue weighted by Crippen LogP contribution is -2.43. The highest BCUT2D eigenvalue weighted by Crippen LogP contribution is 2.07. The Hall–Kier alpha value is -2.15. The fraction of sp³-hybridized carbons (Fsp3) is 0.273. The Morgan fingerprint density at radius 1 is 1.37 bits per heavy atom. The summed E-state index contributed by atoms with van der Waals surface area (Å²) in [5.41, 5.74) is 0.156. The maximum Gasteiger partial charge on any atom is 0.340 e. The number of hydrogen-bond acceptors (Lipinski definition) is 5. The van der Waals surface area contributed by atoms with Gasteiger partial charge in [0.25, 0.3) is 5.91 Å². The molecule has 1 rings (SSSR count). The lowest BCUT2D eigenvalue weighted by molar-refractivity contribution is -0.127. The molecule has 0 aromatic carbocycles. The minimum Gasteiger partial charge on any atom is -0.449 e. The third-order valence-electron chi connectivity index (χ3n) is 2.08. The quantitative estimate of drug-likeness (QED) is 0.630. The van der Waals surface area contributed by atoms with Gasteiger partial charge < -0.3 is 10.1 Å². The second-order valence-electron chi connectivity index (χ2n) is 3.49. The van der Waals surface area contributed by atoms with Crippen LogP contribution in [0.1, 0.15) is 17.3 Å². The molecule has 0 radical (unpaired) electrons. The Labute approximate surface area is 114 Å². The van der Waals surface area contributed by atoms with Gasteiger partial charge in [-0.1, -0.05) is 11.6 Å². The molecule has 102 valence electrons. The molecular formula is C11H12ClN3O4. The van der Waals surface area contributed by atoms with Gasteiger partial charge in [0.15, 0.2) is 6.10 Å². The summed E-state index contributed by atoms with van der Waals surface area (Å²) >= 11 is 5.57. The number of halogens is 1. The Bertz CT molecular complexity index is 489. The third kappa shape index (κ3) is 4.55. The maximum atomic E-state index is 11.6. The van der Waals surface area contributed by atoms with Crippen LogP contribution in [-0.4, -0.2) is 36.0 Å². The molecule has 0 aliphatic heterocycles. The number of nitrogens with one attached hydrogen (secondary N) is 2. The first-order valence-electron chi connectivity index (χ1n) is 5.29. The third-order valence-corrected chi connectivity index (χ3v) is 2.30. The van der Waals surface area contributed by atoms with Crippen molar-refractivity contribution in [2.45, 2.75) is 13.0 Å². The molecule has 0 bridgehead atoms. The maximum absolute atomic E-state index is 11.6. The molecule has 1 heterocycles. The van der Waals surface area contributed by atoms with E-state index >= 15 is 0 Å². The number of esters is 1. The highest BCUT2D eigenvalue weighted by molar-refractivity contribution is 6.29. The normalized spacial score (nSPS) is 11.3. The van der Waals surface area contributed by atoms with E-state index in [-0.39, 0.29) is 10.7 Å². The van der Waals surface area contributed by atoms with Gasteiger partial charge in [-0.05, 0) is 19.1 Å². The van der Waals surface area contributed by atoms with E-state index in [0.29, 0.717) is 0 Å². The Morgan fingerprint density at radius 3 is 2.58 bits per heavy atom. The van der Waals surface area contributed by atoms with Crippen LogP contribution in [0.3, 0.4) is 0 Å². The van der Waals surface area contributed by atoms with Gasteiger partial charge in [-0.25, -0.2) is 14.6 Å². The zero-order chi connectivity index (χ0) is 14.4. The molecule has 8 heteroatoms. The number of imide groups is 1. The molecule has 0 saturated heterocycles. The van der Waals surface area contributed by atoms with Crippen LogP contribution >= 0.6 is 11.6 Å². The van der Waals surface area contributed by atoms with Crippen LogP contribution in [0.4, 0.5) is 4.79 Å². The van der Waals surface area contributed by atoms with Crippen LogP contribution in [0.5, 0.6) is 0 Å². The van der Waals surface area contributed by atoms with Crippen molar-refractivity contribution in [3.8, 4) is 0 Å². The lowest BCUT2D eigenvalue weighted by atomic mass is 10.3. The van der Waals surface area contributed by atoms with Crippen LogP contribution in [0, 0.1) is 0 Å². The van der Waals surface area contributed by atoms with E-state index < -0.39 is 24.0 Å². The van der Waals surface area contributed by atoms with Crippen molar-refractivity contribution in [1.29, 1.82) is 0 Å². The van der Waals surface area contributed by atoms with Crippen LogP contribution in [0.15, 0.2) is 18.3 Å². The molecule has 7 nitrogen and oxygen atoms in total. The smallest absolute Gasteiger partial charge is 0.340 e. The molecule has 1 aromatic heterocycles. The first kappa shape index (κ1) is 14.9. The first-order chi connectivity index (χ1) is 8.93. The summed E-state index contributed by atoms with van der Waals surface area (Å²) in [4.78, 5) is 37.7. The minimum atomic E-state index is -1.11. The number of urea groups is 1. The highest BCUT2D eigenvalue weighted by Gasteiger charge is 2.20. The van der Waals surface area contributed by atoms with Crippen molar-refractivity contribution in [3.63, 3.8) is 0 Å². The van der Waals surface area contributed by atoms with Crippen LogP contribution in [-0.2, 0) is 9.53 Å². The summed E-state index contributed by atoms with van der Waals surface area (Å²) in [5, 5.41) is 4.44. The fourth-order valence-corrected chi connectivity index (χ4v) is 1.17. The molecule has 1 unspecified atom stereocenters. The highest BCUT2D eigenvalue weighted by atomic mass is 35.5. The number of rotatable bonds is 3. The van der Waals surface area contributed by atoms with Crippen molar-refractivity contribution >= 4 is 29.5 Å². The van der Waals surface area contributed by atoms with Crippen molar-refractivity contribution < 1.29 is 19.1 Å². The minimum absolute atomic E-state index is 0.156. The fourth-order valence-electron chi connectivity index (χ4n) is 1.05. The van der Waals surface area contributed by atoms with Gasteiger partial charge in [0.2, 0.25) is 0 Å². The SMILES string of the molecule is CNC(=O)NC(=O)C(C)OC(=O)c1ccc(Cl)nc1. The van der Waals surface area contributed by atoms with Crippen molar-refractivity contribution in [2.24, 2.45) is 0 Å². The van der Waals surface area contributed by atoms with Crippen LogP contribution < -0.4 is 10.6 Å². The number of nitrogens with zero attached hydrogens (tertiary/aromatic N) is 1. The number of pyridine rings is 1. The summed E-state index contributed by atoms with van der Waals surface area (Å²) in [5.74, 6) is -1.46. The van der Waals surface area contributed by atoms with E-state index in [9.17, 15) is 14.4 Å². The van der Waals surface area contributed by atoms with Gasteiger partial charge in [0, 0.05) is 13.2 Å². The standard InChI is InChI=1S/C11H12ClN3O4/c1-6(9(16)15-11(18)13-2)19-10(17)7-3-4-8(12)14-5-7/h3-6H,1-2H3,(H2,13,15,16,18). The van der Waals surface area contributed by atoms with Gasteiger partial charge in [-0.15, -0.1) is 0 Å². The first-order valence-corrected chi connectivity index (χ1v) is 5.67. The molecule has 2 N–H and O–H groups in total. The van der Waals surface area contributed by atoms with E-state index in [4.69, 9.17) is 16.3 Å². The molecule has 0 aliphatic carbocycles. The van der Waals surface area contributed by atoms with Gasteiger partial charge in [0.05, 0.1) is 5.56 Å². The second-order valence-corrected chi connectivity index (χ2v) is 3.87. The summed E-state index contributed by atoms with van der Waals surface area (Å²) in [6.45, 7) is 1.35. The summed E-state index contributed by atoms with van der Waals surface area (Å²) < 4.78 is 4.87. The molecule has 0 aliphatic rings. The van der Waals surface area contributed by atoms with Gasteiger partial charge in [-0.3, -0.25) is 10.1 Å². The number of carbonyl (C=O) groups is 3. The number of ether oxygens (including phenoxy) is 1. The van der Waals surface area contributed by atoms with E-state index in [0.717, 1.165) is 0 Å². The zero-order valence-corrected chi connectivity index (χ0v) is 11.0. The molecule has 1 aromatic rings. The Balaban J connectivity index is 2.59. The Kier molecular flexibility index (Phi) is 5.25. The second kappa shape index (κ2) is 6.69. The predicted molar refractivity (Wildman–Crippen MR) is 66.7 cm³/mol. The number of aromatic nitrogens is 1. The van der Waals surface area contributed by atoms with Gasteiger partial charge in [-0.2, -0.15) is 0 Å².